The molecule has 1 aromatic heterocycles. The average Bonchev–Trinajstić information content (AvgIpc) is 2.63. The molecule has 0 spiro atoms. The zero-order valence-electron chi connectivity index (χ0n) is 14.7. The van der Waals surface area contributed by atoms with Crippen molar-refractivity contribution >= 4 is 17.3 Å². The Bertz CT molecular complexity index is 1040. The Labute approximate surface area is 156 Å². The molecule has 0 bridgehead atoms. The fraction of sp³-hybridized carbons (Fsp3) is 0.263. The number of aliphatic hydroxyl groups excluding tert-OH is 1. The fourth-order valence-corrected chi connectivity index (χ4v) is 3.14. The molecule has 3 rings (SSSR count). The maximum Gasteiger partial charge on any atom is 0.419 e. The van der Waals surface area contributed by atoms with Gasteiger partial charge in [-0.25, -0.2) is 4.68 Å². The Hall–Kier alpha value is -3.23. The van der Waals surface area contributed by atoms with Crippen LogP contribution in [0.1, 0.15) is 30.5 Å². The first-order chi connectivity index (χ1) is 13.1. The number of hydrogen-bond acceptors (Lipinski definition) is 5. The van der Waals surface area contributed by atoms with Crippen molar-refractivity contribution in [2.45, 2.75) is 25.4 Å². The second-order valence-corrected chi connectivity index (χ2v) is 6.31. The first-order valence-electron chi connectivity index (χ1n) is 8.37. The van der Waals surface area contributed by atoms with Crippen LogP contribution in [-0.2, 0) is 22.8 Å². The molecule has 1 saturated carbocycles. The van der Waals surface area contributed by atoms with Crippen molar-refractivity contribution in [2.24, 2.45) is 7.05 Å². The van der Waals surface area contributed by atoms with E-state index in [1.807, 2.05) is 0 Å². The number of allylic oxidation sites excluding steroid dienone is 1. The van der Waals surface area contributed by atoms with Crippen LogP contribution in [-0.4, -0.2) is 26.5 Å². The summed E-state index contributed by atoms with van der Waals surface area (Å²) in [5, 5.41) is 14.0. The molecule has 0 radical (unpaired) electrons. The molecule has 0 atom stereocenters. The van der Waals surface area contributed by atoms with Crippen LogP contribution in [0.2, 0.25) is 0 Å². The maximum absolute atomic E-state index is 13.9. The Morgan fingerprint density at radius 2 is 1.64 bits per heavy atom. The normalized spacial score (nSPS) is 15.1. The molecule has 6 nitrogen and oxygen atoms in total. The zero-order chi connectivity index (χ0) is 20.6. The molecule has 1 aromatic carbocycles. The van der Waals surface area contributed by atoms with Gasteiger partial charge in [-0.15, -0.1) is 0 Å². The van der Waals surface area contributed by atoms with Crippen LogP contribution in [0.15, 0.2) is 40.7 Å². The number of aryl methyl sites for hydroxylation is 1. The highest BCUT2D eigenvalue weighted by molar-refractivity contribution is 6.25. The number of carbonyl (C=O) groups excluding carboxylic acids is 2. The summed E-state index contributed by atoms with van der Waals surface area (Å²) in [4.78, 5) is 36.6. The first-order valence-corrected chi connectivity index (χ1v) is 8.37. The van der Waals surface area contributed by atoms with Gasteiger partial charge in [0.05, 0.1) is 5.56 Å². The second-order valence-electron chi connectivity index (χ2n) is 6.31. The van der Waals surface area contributed by atoms with Gasteiger partial charge < -0.3 is 5.11 Å². The van der Waals surface area contributed by atoms with Crippen molar-refractivity contribution in [2.75, 3.05) is 0 Å². The number of aromatic nitrogens is 2. The number of Topliss-reactive ketones (excluding diaryl/α,β-unsaturated/α-hetero) is 2. The predicted octanol–water partition coefficient (Wildman–Crippen LogP) is 3.06. The molecule has 1 fully saturated rings. The summed E-state index contributed by atoms with van der Waals surface area (Å²) in [6.45, 7) is 0. The van der Waals surface area contributed by atoms with E-state index in [2.05, 4.69) is 5.10 Å². The van der Waals surface area contributed by atoms with Crippen LogP contribution in [0.5, 0.6) is 0 Å². The monoisotopic (exact) mass is 392 g/mol. The van der Waals surface area contributed by atoms with E-state index in [9.17, 15) is 32.7 Å². The third kappa shape index (κ3) is 3.35. The number of benzene rings is 1. The standard InChI is InChI=1S/C19H15F3N2O4/c1-24-18(28)13(10-6-3-2-4-7-10)15(19(20,21)22)16(23-24)17(27)14-11(25)8-5-9-12(14)26/h2-4,6-7,27H,5,8-9H2,1H3. The Morgan fingerprint density at radius 3 is 2.18 bits per heavy atom. The van der Waals surface area contributed by atoms with Gasteiger partial charge in [0.1, 0.15) is 16.8 Å². The van der Waals surface area contributed by atoms with E-state index in [0.717, 1.165) is 7.05 Å². The van der Waals surface area contributed by atoms with Crippen molar-refractivity contribution in [3.8, 4) is 11.1 Å². The number of hydrogen-bond donors (Lipinski definition) is 1. The lowest BCUT2D eigenvalue weighted by Gasteiger charge is -2.19. The molecule has 146 valence electrons. The number of halogens is 3. The smallest absolute Gasteiger partial charge is 0.419 e. The van der Waals surface area contributed by atoms with E-state index in [1.165, 1.54) is 24.3 Å². The molecule has 0 amide bonds. The molecule has 1 aliphatic rings. The third-order valence-electron chi connectivity index (χ3n) is 4.42. The van der Waals surface area contributed by atoms with E-state index < -0.39 is 51.5 Å². The molecule has 9 heteroatoms. The minimum atomic E-state index is -5.07. The van der Waals surface area contributed by atoms with Crippen molar-refractivity contribution in [3.63, 3.8) is 0 Å². The largest absolute Gasteiger partial charge is 0.505 e. The van der Waals surface area contributed by atoms with Gasteiger partial charge in [-0.2, -0.15) is 18.3 Å². The summed E-state index contributed by atoms with van der Waals surface area (Å²) in [6, 6.07) is 7.12. The van der Waals surface area contributed by atoms with Gasteiger partial charge in [-0.05, 0) is 12.0 Å². The van der Waals surface area contributed by atoms with Gasteiger partial charge in [-0.3, -0.25) is 14.4 Å². The molecule has 2 aromatic rings. The summed E-state index contributed by atoms with van der Waals surface area (Å²) < 4.78 is 42.4. The molecule has 0 aliphatic heterocycles. The molecular formula is C19H15F3N2O4. The highest BCUT2D eigenvalue weighted by Crippen LogP contribution is 2.39. The molecule has 0 unspecified atom stereocenters. The average molecular weight is 392 g/mol. The number of ketones is 2. The van der Waals surface area contributed by atoms with Gasteiger partial charge in [0, 0.05) is 19.9 Å². The van der Waals surface area contributed by atoms with Gasteiger partial charge in [0.2, 0.25) is 0 Å². The number of alkyl halides is 3. The Balaban J connectivity index is 2.43. The summed E-state index contributed by atoms with van der Waals surface area (Å²) in [6.07, 6.45) is -4.94. The third-order valence-corrected chi connectivity index (χ3v) is 4.42. The van der Waals surface area contributed by atoms with Gasteiger partial charge >= 0.3 is 6.18 Å². The van der Waals surface area contributed by atoms with E-state index in [0.29, 0.717) is 4.68 Å². The lowest BCUT2D eigenvalue weighted by molar-refractivity contribution is -0.138. The minimum Gasteiger partial charge on any atom is -0.505 e. The van der Waals surface area contributed by atoms with Gasteiger partial charge in [0.25, 0.3) is 5.56 Å². The number of rotatable bonds is 2. The lowest BCUT2D eigenvalue weighted by Crippen LogP contribution is -2.29. The lowest BCUT2D eigenvalue weighted by atomic mass is 9.89. The summed E-state index contributed by atoms with van der Waals surface area (Å²) in [5.41, 5.74) is -4.99. The SMILES string of the molecule is Cn1nc(C(O)=C2C(=O)CCCC2=O)c(C(F)(F)F)c(-c2ccccc2)c1=O. The number of aliphatic hydroxyl groups is 1. The van der Waals surface area contributed by atoms with Crippen molar-refractivity contribution in [3.05, 3.63) is 57.5 Å². The van der Waals surface area contributed by atoms with Crippen LogP contribution in [0.4, 0.5) is 13.2 Å². The minimum absolute atomic E-state index is 0.0295. The zero-order valence-corrected chi connectivity index (χ0v) is 14.7. The molecule has 1 heterocycles. The molecular weight excluding hydrogens is 377 g/mol. The fourth-order valence-electron chi connectivity index (χ4n) is 3.14. The van der Waals surface area contributed by atoms with Crippen LogP contribution in [0.3, 0.4) is 0 Å². The highest BCUT2D eigenvalue weighted by Gasteiger charge is 2.42. The number of carbonyl (C=O) groups is 2. The summed E-state index contributed by atoms with van der Waals surface area (Å²) in [5.74, 6) is -2.66. The predicted molar refractivity (Wildman–Crippen MR) is 93.3 cm³/mol. The molecule has 28 heavy (non-hydrogen) atoms. The van der Waals surface area contributed by atoms with E-state index in [1.54, 1.807) is 6.07 Å². The molecule has 1 aliphatic carbocycles. The van der Waals surface area contributed by atoms with Crippen LogP contribution in [0.25, 0.3) is 16.9 Å². The van der Waals surface area contributed by atoms with Crippen molar-refractivity contribution in [1.82, 2.24) is 9.78 Å². The van der Waals surface area contributed by atoms with E-state index in [4.69, 9.17) is 0 Å². The number of nitrogens with zero attached hydrogens (tertiary/aromatic N) is 2. The summed E-state index contributed by atoms with van der Waals surface area (Å²) >= 11 is 0. The van der Waals surface area contributed by atoms with Crippen molar-refractivity contribution < 1.29 is 27.9 Å². The molecule has 0 saturated heterocycles. The highest BCUT2D eigenvalue weighted by atomic mass is 19.4. The Morgan fingerprint density at radius 1 is 1.07 bits per heavy atom. The van der Waals surface area contributed by atoms with Crippen LogP contribution >= 0.6 is 0 Å². The van der Waals surface area contributed by atoms with Crippen LogP contribution < -0.4 is 5.56 Å². The van der Waals surface area contributed by atoms with Gasteiger partial charge in [0.15, 0.2) is 17.3 Å². The maximum atomic E-state index is 13.9. The topological polar surface area (TPSA) is 89.3 Å². The quantitative estimate of drug-likeness (QED) is 0.482. The van der Waals surface area contributed by atoms with E-state index >= 15 is 0 Å². The van der Waals surface area contributed by atoms with Gasteiger partial charge in [-0.1, -0.05) is 30.3 Å². The van der Waals surface area contributed by atoms with Crippen LogP contribution in [0, 0.1) is 0 Å². The Kier molecular flexibility index (Phi) is 4.93. The van der Waals surface area contributed by atoms with Crippen molar-refractivity contribution in [1.29, 1.82) is 0 Å². The molecule has 1 N–H and O–H groups in total. The second kappa shape index (κ2) is 7.06. The first kappa shape index (κ1) is 19.5. The van der Waals surface area contributed by atoms with E-state index in [-0.39, 0.29) is 24.8 Å². The summed E-state index contributed by atoms with van der Waals surface area (Å²) in [7, 11) is 1.13.